The van der Waals surface area contributed by atoms with Crippen LogP contribution in [-0.2, 0) is 14.8 Å². The number of nitrogens with zero attached hydrogens (tertiary/aromatic N) is 1. The molecule has 1 aliphatic heterocycles. The predicted molar refractivity (Wildman–Crippen MR) is 140 cm³/mol. The molecule has 1 heterocycles. The molecule has 0 unspecified atom stereocenters. The van der Waals surface area contributed by atoms with Gasteiger partial charge in [-0.15, -0.1) is 0 Å². The van der Waals surface area contributed by atoms with Gasteiger partial charge in [0.15, 0.2) is 11.5 Å². The summed E-state index contributed by atoms with van der Waals surface area (Å²) in [5.41, 5.74) is 2.11. The van der Waals surface area contributed by atoms with Crippen molar-refractivity contribution in [1.82, 2.24) is 4.31 Å². The summed E-state index contributed by atoms with van der Waals surface area (Å²) in [6, 6.07) is 17.1. The lowest BCUT2D eigenvalue weighted by atomic mass is 9.89. The number of ether oxygens (including phenoxy) is 2. The van der Waals surface area contributed by atoms with Gasteiger partial charge in [0.25, 0.3) is 0 Å². The maximum absolute atomic E-state index is 14.2. The van der Waals surface area contributed by atoms with E-state index in [4.69, 9.17) is 9.47 Å². The smallest absolute Gasteiger partial charge is 0.333 e. The fourth-order valence-electron chi connectivity index (χ4n) is 4.46. The number of methoxy groups -OCH3 is 2. The monoisotopic (exact) mass is 571 g/mol. The molecule has 0 fully saturated rings. The highest BCUT2D eigenvalue weighted by Gasteiger charge is 2.44. The van der Waals surface area contributed by atoms with E-state index in [0.29, 0.717) is 27.1 Å². The van der Waals surface area contributed by atoms with E-state index >= 15 is 0 Å². The fraction of sp³-hybridized carbons (Fsp3) is 0.222. The van der Waals surface area contributed by atoms with Crippen molar-refractivity contribution in [2.24, 2.45) is 0 Å². The van der Waals surface area contributed by atoms with Crippen molar-refractivity contribution in [3.63, 3.8) is 0 Å². The summed E-state index contributed by atoms with van der Waals surface area (Å²) < 4.78 is 41.3. The molecule has 0 saturated heterocycles. The average molecular weight is 572 g/mol. The number of carbonyl (C=O) groups is 1. The zero-order chi connectivity index (χ0) is 26.0. The van der Waals surface area contributed by atoms with Crippen molar-refractivity contribution in [1.29, 1.82) is 0 Å². The molecule has 188 valence electrons. The molecule has 0 aromatic heterocycles. The van der Waals surface area contributed by atoms with Gasteiger partial charge >= 0.3 is 5.97 Å². The maximum Gasteiger partial charge on any atom is 0.333 e. The Morgan fingerprint density at radius 3 is 2.28 bits per heavy atom. The van der Waals surface area contributed by atoms with E-state index in [1.807, 2.05) is 6.92 Å². The number of halogens is 1. The van der Waals surface area contributed by atoms with Crippen LogP contribution in [0.3, 0.4) is 0 Å². The molecule has 1 N–H and O–H groups in total. The van der Waals surface area contributed by atoms with Crippen molar-refractivity contribution in [3.8, 4) is 11.5 Å². The van der Waals surface area contributed by atoms with Gasteiger partial charge < -0.3 is 14.6 Å². The molecular weight excluding hydrogens is 546 g/mol. The predicted octanol–water partition coefficient (Wildman–Crippen LogP) is 5.66. The van der Waals surface area contributed by atoms with Gasteiger partial charge in [-0.05, 0) is 60.9 Å². The second-order valence-electron chi connectivity index (χ2n) is 8.44. The third kappa shape index (κ3) is 4.91. The number of hydrogen-bond donors (Lipinski definition) is 1. The zero-order valence-electron chi connectivity index (χ0n) is 20.0. The van der Waals surface area contributed by atoms with Crippen LogP contribution in [0.4, 0.5) is 0 Å². The SMILES string of the molecule is COc1ccc([C@@H]2CC=C(C(=O)O)[C@H](c3cccc(Br)c3)N2S(=O)(=O)c2ccc(C)cc2)cc1OC. The van der Waals surface area contributed by atoms with E-state index in [1.165, 1.54) is 18.5 Å². The Balaban J connectivity index is 1.98. The third-order valence-corrected chi connectivity index (χ3v) is 8.60. The highest BCUT2D eigenvalue weighted by molar-refractivity contribution is 9.10. The second kappa shape index (κ2) is 10.5. The van der Waals surface area contributed by atoms with Crippen LogP contribution in [0.5, 0.6) is 11.5 Å². The van der Waals surface area contributed by atoms with Gasteiger partial charge in [-0.2, -0.15) is 4.31 Å². The van der Waals surface area contributed by atoms with Crippen LogP contribution in [0.2, 0.25) is 0 Å². The van der Waals surface area contributed by atoms with E-state index in [9.17, 15) is 18.3 Å². The Kier molecular flexibility index (Phi) is 7.54. The lowest BCUT2D eigenvalue weighted by molar-refractivity contribution is -0.133. The summed E-state index contributed by atoms with van der Waals surface area (Å²) >= 11 is 3.44. The highest BCUT2D eigenvalue weighted by Crippen LogP contribution is 2.47. The molecule has 36 heavy (non-hydrogen) atoms. The van der Waals surface area contributed by atoms with Gasteiger partial charge in [0.2, 0.25) is 10.0 Å². The molecule has 0 aliphatic carbocycles. The van der Waals surface area contributed by atoms with Gasteiger partial charge in [0.05, 0.1) is 36.8 Å². The number of aliphatic carboxylic acids is 1. The van der Waals surface area contributed by atoms with E-state index in [2.05, 4.69) is 15.9 Å². The molecule has 0 bridgehead atoms. The highest BCUT2D eigenvalue weighted by atomic mass is 79.9. The second-order valence-corrected chi connectivity index (χ2v) is 11.2. The first-order valence-electron chi connectivity index (χ1n) is 11.2. The van der Waals surface area contributed by atoms with Crippen LogP contribution in [0.1, 0.15) is 35.2 Å². The molecule has 4 rings (SSSR count). The van der Waals surface area contributed by atoms with Crippen molar-refractivity contribution in [2.75, 3.05) is 14.2 Å². The summed E-state index contributed by atoms with van der Waals surface area (Å²) in [7, 11) is -1.11. The Hall–Kier alpha value is -3.14. The van der Waals surface area contributed by atoms with Crippen molar-refractivity contribution in [3.05, 3.63) is 99.5 Å². The molecule has 0 radical (unpaired) electrons. The standard InChI is InChI=1S/C27H26BrNO6S/c1-17-7-10-21(11-8-17)36(32,33)29-23(18-9-14-24(34-2)25(16-18)35-3)13-12-22(27(30)31)26(29)19-5-4-6-20(28)15-19/h4-12,14-16,23,26H,13H2,1-3H3,(H,30,31)/t23-,26-/m0/s1. The van der Waals surface area contributed by atoms with Crippen molar-refractivity contribution in [2.45, 2.75) is 30.3 Å². The third-order valence-electron chi connectivity index (χ3n) is 6.22. The quantitative estimate of drug-likeness (QED) is 0.393. The molecular formula is C27H26BrNO6S. The lowest BCUT2D eigenvalue weighted by Crippen LogP contribution is -2.42. The lowest BCUT2D eigenvalue weighted by Gasteiger charge is -2.40. The molecule has 0 spiro atoms. The molecule has 3 aromatic rings. The first-order chi connectivity index (χ1) is 17.2. The number of rotatable bonds is 7. The Bertz CT molecular complexity index is 1420. The topological polar surface area (TPSA) is 93.1 Å². The first-order valence-corrected chi connectivity index (χ1v) is 13.4. The summed E-state index contributed by atoms with van der Waals surface area (Å²) in [4.78, 5) is 12.5. The summed E-state index contributed by atoms with van der Waals surface area (Å²) in [5, 5.41) is 10.1. The number of sulfonamides is 1. The molecule has 0 saturated carbocycles. The molecule has 9 heteroatoms. The van der Waals surface area contributed by atoms with Crippen LogP contribution >= 0.6 is 15.9 Å². The minimum absolute atomic E-state index is 0.000475. The maximum atomic E-state index is 14.2. The molecule has 0 amide bonds. The molecule has 1 aliphatic rings. The largest absolute Gasteiger partial charge is 0.493 e. The average Bonchev–Trinajstić information content (AvgIpc) is 2.87. The molecule has 3 aromatic carbocycles. The number of carboxylic acids is 1. The van der Waals surface area contributed by atoms with E-state index in [-0.39, 0.29) is 16.9 Å². The van der Waals surface area contributed by atoms with Gasteiger partial charge in [0.1, 0.15) is 0 Å². The Labute approximate surface area is 219 Å². The first kappa shape index (κ1) is 25.9. The normalized spacial score (nSPS) is 18.4. The fourth-order valence-corrected chi connectivity index (χ4v) is 6.66. The minimum Gasteiger partial charge on any atom is -0.493 e. The Morgan fingerprint density at radius 1 is 0.972 bits per heavy atom. The van der Waals surface area contributed by atoms with Crippen molar-refractivity contribution < 1.29 is 27.8 Å². The zero-order valence-corrected chi connectivity index (χ0v) is 22.4. The van der Waals surface area contributed by atoms with Gasteiger partial charge in [-0.1, -0.05) is 57.9 Å². The molecule has 7 nitrogen and oxygen atoms in total. The Morgan fingerprint density at radius 2 is 1.67 bits per heavy atom. The van der Waals surface area contributed by atoms with Crippen LogP contribution in [0.25, 0.3) is 0 Å². The van der Waals surface area contributed by atoms with Crippen LogP contribution < -0.4 is 9.47 Å². The summed E-state index contributed by atoms with van der Waals surface area (Å²) in [6.07, 6.45) is 1.78. The van der Waals surface area contributed by atoms with Crippen LogP contribution in [0, 0.1) is 6.92 Å². The van der Waals surface area contributed by atoms with Gasteiger partial charge in [-0.3, -0.25) is 0 Å². The summed E-state index contributed by atoms with van der Waals surface area (Å²) in [6.45, 7) is 1.87. The summed E-state index contributed by atoms with van der Waals surface area (Å²) in [5.74, 6) is -0.208. The van der Waals surface area contributed by atoms with E-state index in [1.54, 1.807) is 72.8 Å². The van der Waals surface area contributed by atoms with Crippen LogP contribution in [-0.4, -0.2) is 38.0 Å². The van der Waals surface area contributed by atoms with Gasteiger partial charge in [-0.25, -0.2) is 13.2 Å². The van der Waals surface area contributed by atoms with Gasteiger partial charge in [0, 0.05) is 4.47 Å². The number of aryl methyl sites for hydroxylation is 1. The van der Waals surface area contributed by atoms with Crippen molar-refractivity contribution >= 4 is 31.9 Å². The number of carboxylic acid groups (broad SMARTS) is 1. The van der Waals surface area contributed by atoms with Crippen LogP contribution in [0.15, 0.2) is 87.7 Å². The minimum atomic E-state index is -4.15. The number of benzene rings is 3. The van der Waals surface area contributed by atoms with E-state index in [0.717, 1.165) is 5.56 Å². The molecule has 2 atom stereocenters. The van der Waals surface area contributed by atoms with E-state index < -0.39 is 28.1 Å². The number of hydrogen-bond acceptors (Lipinski definition) is 5.